The first kappa shape index (κ1) is 21.4. The Labute approximate surface area is 195 Å². The highest BCUT2D eigenvalue weighted by atomic mass is 32.2. The Morgan fingerprint density at radius 3 is 2.79 bits per heavy atom. The van der Waals surface area contributed by atoms with Gasteiger partial charge in [-0.05, 0) is 44.2 Å². The van der Waals surface area contributed by atoms with Crippen molar-refractivity contribution in [3.05, 3.63) is 48.7 Å². The molecule has 0 spiro atoms. The number of imidazole rings is 1. The molecule has 2 amide bonds. The Balaban J connectivity index is 1.38. The lowest BCUT2D eigenvalue weighted by atomic mass is 10.1. The molecule has 0 bridgehead atoms. The minimum absolute atomic E-state index is 0.00537. The molecule has 0 fully saturated rings. The number of thioether (sulfide) groups is 1. The quantitative estimate of drug-likeness (QED) is 0.578. The summed E-state index contributed by atoms with van der Waals surface area (Å²) < 4.78 is 13.4. The summed E-state index contributed by atoms with van der Waals surface area (Å²) in [6.07, 6.45) is 1.82. The van der Waals surface area contributed by atoms with Gasteiger partial charge >= 0.3 is 0 Å². The first-order chi connectivity index (χ1) is 16.0. The van der Waals surface area contributed by atoms with Gasteiger partial charge in [-0.3, -0.25) is 14.5 Å². The molecule has 33 heavy (non-hydrogen) atoms. The minimum atomic E-state index is -0.426. The monoisotopic (exact) mass is 464 g/mol. The van der Waals surface area contributed by atoms with Gasteiger partial charge in [-0.2, -0.15) is 0 Å². The number of amides is 2. The van der Waals surface area contributed by atoms with Gasteiger partial charge in [0.05, 0.1) is 28.5 Å². The third-order valence-corrected chi connectivity index (χ3v) is 6.73. The standard InChI is InChI=1S/C24H24N4O4S/c1-3-27-19(16-8-9-20-21(12-16)32-11-10-31-20)13-25-24(27)33-15(2)23(30)28-14-22(29)26-17-6-4-5-7-18(17)28/h4-9,12-13,15H,3,10-11,14H2,1-2H3,(H,26,29). The Morgan fingerprint density at radius 2 is 1.97 bits per heavy atom. The number of anilines is 2. The van der Waals surface area contributed by atoms with Crippen molar-refractivity contribution in [1.29, 1.82) is 0 Å². The van der Waals surface area contributed by atoms with E-state index < -0.39 is 5.25 Å². The summed E-state index contributed by atoms with van der Waals surface area (Å²) in [5.41, 5.74) is 3.28. The van der Waals surface area contributed by atoms with Crippen molar-refractivity contribution in [3.63, 3.8) is 0 Å². The van der Waals surface area contributed by atoms with Gasteiger partial charge < -0.3 is 19.4 Å². The van der Waals surface area contributed by atoms with E-state index in [0.29, 0.717) is 31.1 Å². The van der Waals surface area contributed by atoms with E-state index in [1.165, 1.54) is 11.8 Å². The van der Waals surface area contributed by atoms with Crippen LogP contribution in [0.1, 0.15) is 13.8 Å². The summed E-state index contributed by atoms with van der Waals surface area (Å²) in [6.45, 7) is 5.68. The maximum absolute atomic E-state index is 13.3. The summed E-state index contributed by atoms with van der Waals surface area (Å²) in [5.74, 6) is 1.14. The second-order valence-electron chi connectivity index (χ2n) is 7.78. The number of fused-ring (bicyclic) bond motifs is 2. The van der Waals surface area contributed by atoms with Crippen molar-refractivity contribution in [1.82, 2.24) is 9.55 Å². The number of ether oxygens (including phenoxy) is 2. The summed E-state index contributed by atoms with van der Waals surface area (Å²) >= 11 is 1.39. The van der Waals surface area contributed by atoms with Crippen LogP contribution in [0.2, 0.25) is 0 Å². The first-order valence-electron chi connectivity index (χ1n) is 10.9. The van der Waals surface area contributed by atoms with Crippen LogP contribution in [-0.4, -0.2) is 46.4 Å². The van der Waals surface area contributed by atoms with Gasteiger partial charge in [0.2, 0.25) is 11.8 Å². The van der Waals surface area contributed by atoms with E-state index >= 15 is 0 Å². The normalized spacial score (nSPS) is 15.6. The molecule has 2 aromatic carbocycles. The summed E-state index contributed by atoms with van der Waals surface area (Å²) in [5, 5.41) is 3.14. The molecule has 3 aromatic rings. The molecule has 5 rings (SSSR count). The zero-order chi connectivity index (χ0) is 22.9. The Hall–Kier alpha value is -3.46. The number of hydrogen-bond acceptors (Lipinski definition) is 6. The van der Waals surface area contributed by atoms with E-state index in [1.807, 2.05) is 56.4 Å². The van der Waals surface area contributed by atoms with Crippen molar-refractivity contribution < 1.29 is 19.1 Å². The maximum atomic E-state index is 13.3. The third kappa shape index (κ3) is 4.04. The molecule has 170 valence electrons. The number of carbonyl (C=O) groups is 2. The summed E-state index contributed by atoms with van der Waals surface area (Å²) in [7, 11) is 0. The fourth-order valence-corrected chi connectivity index (χ4v) is 5.06. The molecule has 1 aromatic heterocycles. The average Bonchev–Trinajstić information content (AvgIpc) is 3.25. The predicted molar refractivity (Wildman–Crippen MR) is 127 cm³/mol. The molecule has 1 unspecified atom stereocenters. The van der Waals surface area contributed by atoms with Gasteiger partial charge in [0, 0.05) is 12.1 Å². The maximum Gasteiger partial charge on any atom is 0.244 e. The Morgan fingerprint density at radius 1 is 1.18 bits per heavy atom. The van der Waals surface area contributed by atoms with E-state index in [9.17, 15) is 9.59 Å². The number of para-hydroxylation sites is 2. The average molecular weight is 465 g/mol. The summed E-state index contributed by atoms with van der Waals surface area (Å²) in [6, 6.07) is 13.2. The molecule has 2 aliphatic heterocycles. The van der Waals surface area contributed by atoms with E-state index in [-0.39, 0.29) is 18.4 Å². The van der Waals surface area contributed by atoms with Crippen LogP contribution in [0.3, 0.4) is 0 Å². The van der Waals surface area contributed by atoms with Crippen molar-refractivity contribution in [2.24, 2.45) is 0 Å². The zero-order valence-corrected chi connectivity index (χ0v) is 19.2. The number of carbonyl (C=O) groups excluding carboxylic acids is 2. The smallest absolute Gasteiger partial charge is 0.244 e. The number of rotatable bonds is 5. The van der Waals surface area contributed by atoms with Gasteiger partial charge in [0.25, 0.3) is 0 Å². The molecule has 0 radical (unpaired) electrons. The molecule has 0 saturated heterocycles. The van der Waals surface area contributed by atoms with Crippen LogP contribution >= 0.6 is 11.8 Å². The van der Waals surface area contributed by atoms with Crippen molar-refractivity contribution >= 4 is 35.0 Å². The molecule has 0 aliphatic carbocycles. The topological polar surface area (TPSA) is 85.7 Å². The molecule has 3 heterocycles. The third-order valence-electron chi connectivity index (χ3n) is 5.64. The van der Waals surface area contributed by atoms with Crippen molar-refractivity contribution in [3.8, 4) is 22.8 Å². The molecule has 2 aliphatic rings. The fraction of sp³-hybridized carbons (Fsp3) is 0.292. The number of benzene rings is 2. The van der Waals surface area contributed by atoms with Crippen LogP contribution in [0.15, 0.2) is 53.8 Å². The van der Waals surface area contributed by atoms with Gasteiger partial charge in [0.15, 0.2) is 16.7 Å². The van der Waals surface area contributed by atoms with Crippen LogP contribution < -0.4 is 19.7 Å². The zero-order valence-electron chi connectivity index (χ0n) is 18.4. The number of hydrogen-bond donors (Lipinski definition) is 1. The van der Waals surface area contributed by atoms with Gasteiger partial charge in [-0.15, -0.1) is 0 Å². The highest BCUT2D eigenvalue weighted by Gasteiger charge is 2.31. The molecular weight excluding hydrogens is 440 g/mol. The van der Waals surface area contributed by atoms with E-state index in [2.05, 4.69) is 14.9 Å². The molecule has 1 atom stereocenters. The predicted octanol–water partition coefficient (Wildman–Crippen LogP) is 3.81. The minimum Gasteiger partial charge on any atom is -0.486 e. The van der Waals surface area contributed by atoms with E-state index in [4.69, 9.17) is 9.47 Å². The van der Waals surface area contributed by atoms with Crippen molar-refractivity contribution in [2.75, 3.05) is 30.0 Å². The SMILES string of the molecule is CCn1c(-c2ccc3c(c2)OCCO3)cnc1SC(C)C(=O)N1CC(=O)Nc2ccccc21. The van der Waals surface area contributed by atoms with Crippen molar-refractivity contribution in [2.45, 2.75) is 30.8 Å². The lowest BCUT2D eigenvalue weighted by Gasteiger charge is -2.30. The van der Waals surface area contributed by atoms with Gasteiger partial charge in [-0.25, -0.2) is 4.98 Å². The highest BCUT2D eigenvalue weighted by Crippen LogP contribution is 2.37. The highest BCUT2D eigenvalue weighted by molar-refractivity contribution is 8.00. The molecule has 8 nitrogen and oxygen atoms in total. The number of aromatic nitrogens is 2. The van der Waals surface area contributed by atoms with Crippen LogP contribution in [0.5, 0.6) is 11.5 Å². The van der Waals surface area contributed by atoms with E-state index in [0.717, 1.165) is 27.9 Å². The first-order valence-corrected chi connectivity index (χ1v) is 11.8. The molecular formula is C24H24N4O4S. The summed E-state index contributed by atoms with van der Waals surface area (Å²) in [4.78, 5) is 31.6. The van der Waals surface area contributed by atoms with Crippen LogP contribution in [0.4, 0.5) is 11.4 Å². The largest absolute Gasteiger partial charge is 0.486 e. The lowest BCUT2D eigenvalue weighted by molar-refractivity contribution is -0.121. The molecule has 9 heteroatoms. The lowest BCUT2D eigenvalue weighted by Crippen LogP contribution is -2.45. The Kier molecular flexibility index (Phi) is 5.72. The van der Waals surface area contributed by atoms with Gasteiger partial charge in [0.1, 0.15) is 19.8 Å². The second kappa shape index (κ2) is 8.82. The Bertz CT molecular complexity index is 1220. The second-order valence-corrected chi connectivity index (χ2v) is 9.09. The number of nitrogens with one attached hydrogen (secondary N) is 1. The molecule has 1 N–H and O–H groups in total. The van der Waals surface area contributed by atoms with Crippen LogP contribution in [0.25, 0.3) is 11.3 Å². The fourth-order valence-electron chi connectivity index (χ4n) is 4.05. The van der Waals surface area contributed by atoms with Crippen LogP contribution in [0, 0.1) is 0 Å². The number of nitrogens with zero attached hydrogens (tertiary/aromatic N) is 3. The van der Waals surface area contributed by atoms with Gasteiger partial charge in [-0.1, -0.05) is 23.9 Å². The van der Waals surface area contributed by atoms with Crippen LogP contribution in [-0.2, 0) is 16.1 Å². The van der Waals surface area contributed by atoms with E-state index in [1.54, 1.807) is 11.0 Å². The molecule has 0 saturated carbocycles.